The van der Waals surface area contributed by atoms with Crippen molar-refractivity contribution < 1.29 is 24.5 Å². The van der Waals surface area contributed by atoms with Crippen LogP contribution in [0.2, 0.25) is 19.6 Å². The fourth-order valence-corrected chi connectivity index (χ4v) is 7.18. The zero-order valence-corrected chi connectivity index (χ0v) is 27.2. The van der Waals surface area contributed by atoms with E-state index in [-0.39, 0.29) is 20.1 Å². The first-order valence-electron chi connectivity index (χ1n) is 14.2. The van der Waals surface area contributed by atoms with Gasteiger partial charge >= 0.3 is 0 Å². The molecule has 3 heterocycles. The third kappa shape index (κ3) is 6.28. The number of hydrogen-bond donors (Lipinski definition) is 0. The molecule has 0 unspecified atom stereocenters. The molecule has 1 fully saturated rings. The Balaban J connectivity index is 0.000000168. The number of aromatic nitrogens is 2. The van der Waals surface area contributed by atoms with Crippen LogP contribution in [0.1, 0.15) is 37.2 Å². The Labute approximate surface area is 257 Å². The largest absolute Gasteiger partial charge is 0.501 e. The number of nitrogens with zero attached hydrogens (tertiary/aromatic N) is 2. The number of para-hydroxylation sites is 1. The predicted molar refractivity (Wildman–Crippen MR) is 168 cm³/mol. The van der Waals surface area contributed by atoms with Gasteiger partial charge in [-0.2, -0.15) is 0 Å². The van der Waals surface area contributed by atoms with Crippen molar-refractivity contribution in [2.24, 2.45) is 0 Å². The molecule has 41 heavy (non-hydrogen) atoms. The maximum absolute atomic E-state index is 6.36. The minimum atomic E-state index is -1.48. The van der Waals surface area contributed by atoms with E-state index in [9.17, 15) is 0 Å². The molecule has 0 saturated heterocycles. The number of fused-ring (bicyclic) bond motifs is 3. The molecular formula is C36H34IrN2OSi-2. The Morgan fingerprint density at radius 1 is 0.732 bits per heavy atom. The second kappa shape index (κ2) is 12.6. The van der Waals surface area contributed by atoms with E-state index < -0.39 is 8.07 Å². The van der Waals surface area contributed by atoms with Crippen molar-refractivity contribution in [2.75, 3.05) is 0 Å². The Hall–Kier alpha value is -3.37. The fraction of sp³-hybridized carbons (Fsp3) is 0.222. The predicted octanol–water partition coefficient (Wildman–Crippen LogP) is 9.20. The van der Waals surface area contributed by atoms with Gasteiger partial charge in [0.15, 0.2) is 0 Å². The second-order valence-electron chi connectivity index (χ2n) is 11.6. The molecule has 1 aliphatic carbocycles. The van der Waals surface area contributed by atoms with E-state index >= 15 is 0 Å². The third-order valence-electron chi connectivity index (χ3n) is 7.78. The van der Waals surface area contributed by atoms with Crippen LogP contribution in [0, 0.1) is 12.1 Å². The summed E-state index contributed by atoms with van der Waals surface area (Å²) in [6.07, 6.45) is 9.16. The molecule has 0 atom stereocenters. The van der Waals surface area contributed by atoms with Crippen LogP contribution in [0.15, 0.2) is 102 Å². The number of furan rings is 1. The molecule has 1 radical (unpaired) electrons. The summed E-state index contributed by atoms with van der Waals surface area (Å²) in [4.78, 5) is 8.91. The number of benzene rings is 3. The summed E-state index contributed by atoms with van der Waals surface area (Å²) in [5.41, 5.74) is 7.32. The zero-order chi connectivity index (χ0) is 27.5. The van der Waals surface area contributed by atoms with Crippen LogP contribution in [0.5, 0.6) is 0 Å². The topological polar surface area (TPSA) is 38.9 Å². The van der Waals surface area contributed by atoms with Gasteiger partial charge in [0, 0.05) is 37.9 Å². The van der Waals surface area contributed by atoms with Crippen molar-refractivity contribution in [3.63, 3.8) is 0 Å². The Morgan fingerprint density at radius 3 is 2.24 bits per heavy atom. The van der Waals surface area contributed by atoms with Crippen molar-refractivity contribution in [3.8, 4) is 22.5 Å². The summed E-state index contributed by atoms with van der Waals surface area (Å²) in [7, 11) is -1.48. The van der Waals surface area contributed by atoms with Gasteiger partial charge in [0.25, 0.3) is 0 Å². The molecule has 0 N–H and O–H groups in total. The van der Waals surface area contributed by atoms with E-state index in [4.69, 9.17) is 4.42 Å². The fourth-order valence-electron chi connectivity index (χ4n) is 5.71. The van der Waals surface area contributed by atoms with Crippen LogP contribution in [0.3, 0.4) is 0 Å². The van der Waals surface area contributed by atoms with Crippen LogP contribution in [-0.2, 0) is 20.1 Å². The molecule has 1 aliphatic rings. The normalized spacial score (nSPS) is 13.5. The molecule has 5 heteroatoms. The molecule has 3 nitrogen and oxygen atoms in total. The zero-order valence-electron chi connectivity index (χ0n) is 23.8. The summed E-state index contributed by atoms with van der Waals surface area (Å²) in [6, 6.07) is 35.4. The molecule has 209 valence electrons. The molecule has 6 aromatic rings. The molecule has 0 amide bonds. The van der Waals surface area contributed by atoms with Gasteiger partial charge in [-0.05, 0) is 47.5 Å². The van der Waals surface area contributed by atoms with Crippen LogP contribution in [0.25, 0.3) is 44.5 Å². The maximum Gasteiger partial charge on any atom is 0.120 e. The van der Waals surface area contributed by atoms with Gasteiger partial charge in [0.2, 0.25) is 0 Å². The quantitative estimate of drug-likeness (QED) is 0.134. The average molecular weight is 731 g/mol. The smallest absolute Gasteiger partial charge is 0.120 e. The molecule has 0 spiro atoms. The molecular weight excluding hydrogens is 697 g/mol. The molecule has 3 aromatic carbocycles. The number of hydrogen-bond acceptors (Lipinski definition) is 3. The van der Waals surface area contributed by atoms with Crippen molar-refractivity contribution in [1.29, 1.82) is 0 Å². The van der Waals surface area contributed by atoms with E-state index in [1.165, 1.54) is 41.8 Å². The number of rotatable bonds is 4. The second-order valence-corrected chi connectivity index (χ2v) is 16.6. The third-order valence-corrected chi connectivity index (χ3v) is 9.79. The van der Waals surface area contributed by atoms with Gasteiger partial charge in [-0.15, -0.1) is 54.1 Å². The van der Waals surface area contributed by atoms with Crippen LogP contribution >= 0.6 is 0 Å². The van der Waals surface area contributed by atoms with Gasteiger partial charge in [-0.1, -0.05) is 85.4 Å². The average Bonchev–Trinajstić information content (AvgIpc) is 3.67. The van der Waals surface area contributed by atoms with Crippen molar-refractivity contribution in [3.05, 3.63) is 115 Å². The number of pyridine rings is 2. The summed E-state index contributed by atoms with van der Waals surface area (Å²) in [6.45, 7) is 7.04. The first-order chi connectivity index (χ1) is 19.5. The molecule has 0 aliphatic heterocycles. The molecule has 7 rings (SSSR count). The summed E-state index contributed by atoms with van der Waals surface area (Å²) in [5.74, 6) is 0.750. The van der Waals surface area contributed by atoms with E-state index in [2.05, 4.69) is 84.2 Å². The maximum atomic E-state index is 6.36. The Kier molecular flexibility index (Phi) is 8.99. The summed E-state index contributed by atoms with van der Waals surface area (Å²) in [5, 5.41) is 3.68. The van der Waals surface area contributed by atoms with E-state index in [0.717, 1.165) is 45.0 Å². The summed E-state index contributed by atoms with van der Waals surface area (Å²) < 4.78 is 6.36. The molecule has 3 aromatic heterocycles. The Bertz CT molecular complexity index is 1740. The van der Waals surface area contributed by atoms with Gasteiger partial charge in [0.1, 0.15) is 5.58 Å². The van der Waals surface area contributed by atoms with E-state index in [0.29, 0.717) is 0 Å². The SMILES string of the molecule is C[Si](C)(C)c1cccc2c1oc1c(-c3ccccn3)[c-]ccc12.[Ir].[c-]1ccccc1-c1cc(C2CCCC2)ccn1. The van der Waals surface area contributed by atoms with Gasteiger partial charge in [-0.3, -0.25) is 0 Å². The van der Waals surface area contributed by atoms with Gasteiger partial charge in [0.05, 0.1) is 13.7 Å². The van der Waals surface area contributed by atoms with Crippen molar-refractivity contribution >= 4 is 35.2 Å². The van der Waals surface area contributed by atoms with Gasteiger partial charge in [-0.25, -0.2) is 0 Å². The van der Waals surface area contributed by atoms with Crippen LogP contribution < -0.4 is 5.19 Å². The van der Waals surface area contributed by atoms with Gasteiger partial charge < -0.3 is 14.4 Å². The van der Waals surface area contributed by atoms with E-state index in [1.807, 2.05) is 48.7 Å². The Morgan fingerprint density at radius 2 is 1.51 bits per heavy atom. The summed E-state index contributed by atoms with van der Waals surface area (Å²) >= 11 is 0. The van der Waals surface area contributed by atoms with Crippen molar-refractivity contribution in [2.45, 2.75) is 51.2 Å². The van der Waals surface area contributed by atoms with E-state index in [1.54, 1.807) is 6.20 Å². The van der Waals surface area contributed by atoms with Crippen LogP contribution in [0.4, 0.5) is 0 Å². The first kappa shape index (κ1) is 29.1. The minimum Gasteiger partial charge on any atom is -0.501 e. The minimum absolute atomic E-state index is 0. The first-order valence-corrected chi connectivity index (χ1v) is 17.7. The molecule has 1 saturated carbocycles. The van der Waals surface area contributed by atoms with Crippen LogP contribution in [-0.4, -0.2) is 18.0 Å². The monoisotopic (exact) mass is 731 g/mol. The van der Waals surface area contributed by atoms with Crippen molar-refractivity contribution in [1.82, 2.24) is 9.97 Å². The molecule has 0 bridgehead atoms. The standard InChI is InChI=1S/C20H18NOSi.C16H16N.Ir/c1-23(2,3)18-12-7-9-15-14-8-6-10-16(19(14)22-20(15)18)17-11-4-5-13-21-17;1-2-8-14(9-3-1)16-12-15(10-11-17-16)13-6-4-5-7-13;/h4-9,11-13H,1-3H3;1-3,8,10-13H,4-7H2;/q2*-1;.